The Hall–Kier alpha value is -2.59. The van der Waals surface area contributed by atoms with E-state index in [1.165, 1.54) is 12.3 Å². The van der Waals surface area contributed by atoms with Gasteiger partial charge in [-0.2, -0.15) is 10.5 Å². The lowest BCUT2D eigenvalue weighted by Gasteiger charge is -1.98. The highest BCUT2D eigenvalue weighted by Crippen LogP contribution is 2.23. The molecule has 0 spiro atoms. The minimum atomic E-state index is 0.388. The van der Waals surface area contributed by atoms with Gasteiger partial charge in [-0.05, 0) is 18.2 Å². The summed E-state index contributed by atoms with van der Waals surface area (Å²) in [5.74, 6) is 0.469. The molecule has 1 heterocycles. The minimum Gasteiger partial charge on any atom is -0.432 e. The molecule has 0 bridgehead atoms. The second-order valence-corrected chi connectivity index (χ2v) is 2.80. The SMILES string of the molecule is N#Cc1ccc(-c2cn[c]o2)c(C#N)c1. The normalized spacial score (nSPS) is 9.20. The highest BCUT2D eigenvalue weighted by atomic mass is 16.3. The average molecular weight is 194 g/mol. The third-order valence-corrected chi connectivity index (χ3v) is 1.92. The summed E-state index contributed by atoms with van der Waals surface area (Å²) in [6.45, 7) is 0. The standard InChI is InChI=1S/C11H4N3O/c12-4-8-1-2-10(9(3-8)5-13)11-6-14-7-15-11/h1-3,6H. The molecule has 0 saturated carbocycles. The van der Waals surface area contributed by atoms with Crippen LogP contribution in [0.15, 0.2) is 28.8 Å². The Balaban J connectivity index is 2.60. The van der Waals surface area contributed by atoms with Crippen molar-refractivity contribution in [2.24, 2.45) is 0 Å². The molecule has 2 rings (SSSR count). The van der Waals surface area contributed by atoms with E-state index in [9.17, 15) is 0 Å². The van der Waals surface area contributed by atoms with E-state index in [1.54, 1.807) is 12.1 Å². The largest absolute Gasteiger partial charge is 0.432 e. The lowest BCUT2D eigenvalue weighted by molar-refractivity contribution is 0.561. The van der Waals surface area contributed by atoms with Gasteiger partial charge in [0.15, 0.2) is 5.76 Å². The summed E-state index contributed by atoms with van der Waals surface area (Å²) >= 11 is 0. The van der Waals surface area contributed by atoms with Crippen LogP contribution in [-0.4, -0.2) is 4.98 Å². The fraction of sp³-hybridized carbons (Fsp3) is 0. The van der Waals surface area contributed by atoms with Crippen LogP contribution in [0, 0.1) is 29.1 Å². The van der Waals surface area contributed by atoms with E-state index in [0.717, 1.165) is 0 Å². The number of oxazole rings is 1. The minimum absolute atomic E-state index is 0.388. The maximum absolute atomic E-state index is 8.91. The van der Waals surface area contributed by atoms with Gasteiger partial charge in [-0.1, -0.05) is 0 Å². The zero-order valence-electron chi connectivity index (χ0n) is 7.56. The highest BCUT2D eigenvalue weighted by Gasteiger charge is 2.08. The van der Waals surface area contributed by atoms with Crippen molar-refractivity contribution in [2.75, 3.05) is 0 Å². The Bertz CT molecular complexity index is 559. The molecule has 15 heavy (non-hydrogen) atoms. The summed E-state index contributed by atoms with van der Waals surface area (Å²) in [7, 11) is 0. The van der Waals surface area contributed by atoms with Crippen molar-refractivity contribution in [2.45, 2.75) is 0 Å². The van der Waals surface area contributed by atoms with Crippen molar-refractivity contribution in [3.8, 4) is 23.5 Å². The molecule has 0 saturated heterocycles. The topological polar surface area (TPSA) is 73.6 Å². The second-order valence-electron chi connectivity index (χ2n) is 2.80. The van der Waals surface area contributed by atoms with Gasteiger partial charge in [-0.15, -0.1) is 0 Å². The number of rotatable bonds is 1. The Labute approximate surface area is 86.0 Å². The highest BCUT2D eigenvalue weighted by molar-refractivity contribution is 5.66. The smallest absolute Gasteiger partial charge is 0.284 e. The van der Waals surface area contributed by atoms with Crippen LogP contribution >= 0.6 is 0 Å². The fourth-order valence-electron chi connectivity index (χ4n) is 1.23. The van der Waals surface area contributed by atoms with E-state index < -0.39 is 0 Å². The molecular weight excluding hydrogens is 190 g/mol. The molecule has 1 aromatic heterocycles. The van der Waals surface area contributed by atoms with Gasteiger partial charge in [-0.25, -0.2) is 4.98 Å². The molecule has 0 aliphatic heterocycles. The van der Waals surface area contributed by atoms with Crippen molar-refractivity contribution in [3.05, 3.63) is 41.9 Å². The van der Waals surface area contributed by atoms with E-state index in [0.29, 0.717) is 22.5 Å². The first kappa shape index (κ1) is 8.98. The van der Waals surface area contributed by atoms with Crippen LogP contribution in [0.4, 0.5) is 0 Å². The molecule has 0 atom stereocenters. The van der Waals surface area contributed by atoms with Crippen LogP contribution in [0.3, 0.4) is 0 Å². The number of nitriles is 2. The molecule has 1 radical (unpaired) electrons. The molecule has 2 aromatic rings. The summed E-state index contributed by atoms with van der Waals surface area (Å²) in [4.78, 5) is 3.65. The number of benzene rings is 1. The van der Waals surface area contributed by atoms with E-state index in [-0.39, 0.29) is 0 Å². The van der Waals surface area contributed by atoms with Gasteiger partial charge >= 0.3 is 0 Å². The number of aromatic nitrogens is 1. The quantitative estimate of drug-likeness (QED) is 0.694. The van der Waals surface area contributed by atoms with Crippen molar-refractivity contribution < 1.29 is 4.42 Å². The van der Waals surface area contributed by atoms with Crippen molar-refractivity contribution in [1.82, 2.24) is 4.98 Å². The lowest BCUT2D eigenvalue weighted by Crippen LogP contribution is -1.84. The lowest BCUT2D eigenvalue weighted by atomic mass is 10.0. The van der Waals surface area contributed by atoms with E-state index in [1.807, 2.05) is 12.1 Å². The number of hydrogen-bond donors (Lipinski definition) is 0. The zero-order valence-corrected chi connectivity index (χ0v) is 7.56. The average Bonchev–Trinajstić information content (AvgIpc) is 2.81. The van der Waals surface area contributed by atoms with Gasteiger partial charge in [0.1, 0.15) is 0 Å². The fourth-order valence-corrected chi connectivity index (χ4v) is 1.23. The predicted octanol–water partition coefficient (Wildman–Crippen LogP) is 1.89. The summed E-state index contributed by atoms with van der Waals surface area (Å²) < 4.78 is 4.97. The Morgan fingerprint density at radius 3 is 2.73 bits per heavy atom. The van der Waals surface area contributed by atoms with Crippen LogP contribution in [0.25, 0.3) is 11.3 Å². The van der Waals surface area contributed by atoms with Crippen molar-refractivity contribution >= 4 is 0 Å². The summed E-state index contributed by atoms with van der Waals surface area (Å²) in [5.41, 5.74) is 1.45. The number of nitrogens with zero attached hydrogens (tertiary/aromatic N) is 3. The van der Waals surface area contributed by atoms with Crippen LogP contribution in [0.2, 0.25) is 0 Å². The third-order valence-electron chi connectivity index (χ3n) is 1.92. The van der Waals surface area contributed by atoms with Crippen LogP contribution in [0.5, 0.6) is 0 Å². The first-order valence-corrected chi connectivity index (χ1v) is 4.11. The summed E-state index contributed by atoms with van der Waals surface area (Å²) in [5, 5.41) is 17.6. The maximum Gasteiger partial charge on any atom is 0.284 e. The van der Waals surface area contributed by atoms with Gasteiger partial charge in [0.25, 0.3) is 6.39 Å². The Morgan fingerprint density at radius 2 is 2.13 bits per heavy atom. The van der Waals surface area contributed by atoms with Gasteiger partial charge in [-0.3, -0.25) is 0 Å². The first-order valence-electron chi connectivity index (χ1n) is 4.11. The molecule has 0 N–H and O–H groups in total. The summed E-state index contributed by atoms with van der Waals surface area (Å²) in [6, 6.07) is 8.77. The van der Waals surface area contributed by atoms with E-state index in [4.69, 9.17) is 14.9 Å². The van der Waals surface area contributed by atoms with Crippen LogP contribution in [-0.2, 0) is 0 Å². The predicted molar refractivity (Wildman–Crippen MR) is 50.2 cm³/mol. The molecule has 0 fully saturated rings. The maximum atomic E-state index is 8.91. The second kappa shape index (κ2) is 3.65. The molecule has 1 aromatic carbocycles. The van der Waals surface area contributed by atoms with Crippen molar-refractivity contribution in [1.29, 1.82) is 10.5 Å². The Morgan fingerprint density at radius 1 is 1.27 bits per heavy atom. The molecule has 0 aliphatic rings. The Kier molecular flexibility index (Phi) is 2.19. The van der Waals surface area contributed by atoms with Crippen LogP contribution in [0.1, 0.15) is 11.1 Å². The molecule has 0 aliphatic carbocycles. The molecule has 69 valence electrons. The van der Waals surface area contributed by atoms with E-state index in [2.05, 4.69) is 11.4 Å². The van der Waals surface area contributed by atoms with Crippen molar-refractivity contribution in [3.63, 3.8) is 0 Å². The molecule has 4 heteroatoms. The van der Waals surface area contributed by atoms with Gasteiger partial charge in [0.05, 0.1) is 29.5 Å². The monoisotopic (exact) mass is 194 g/mol. The first-order chi connectivity index (χ1) is 7.35. The van der Waals surface area contributed by atoms with Gasteiger partial charge in [0, 0.05) is 5.56 Å². The van der Waals surface area contributed by atoms with E-state index >= 15 is 0 Å². The third kappa shape index (κ3) is 1.56. The number of hydrogen-bond acceptors (Lipinski definition) is 4. The molecule has 0 unspecified atom stereocenters. The molecular formula is C11H4N3O. The summed E-state index contributed by atoms with van der Waals surface area (Å²) in [6.07, 6.45) is 3.78. The molecule has 0 amide bonds. The molecule has 4 nitrogen and oxygen atoms in total. The van der Waals surface area contributed by atoms with Crippen LogP contribution < -0.4 is 0 Å². The van der Waals surface area contributed by atoms with Gasteiger partial charge < -0.3 is 4.42 Å². The van der Waals surface area contributed by atoms with Gasteiger partial charge in [0.2, 0.25) is 0 Å². The zero-order chi connectivity index (χ0) is 10.7.